The van der Waals surface area contributed by atoms with E-state index in [2.05, 4.69) is 21.4 Å². The van der Waals surface area contributed by atoms with E-state index in [0.717, 1.165) is 11.3 Å². The van der Waals surface area contributed by atoms with Gasteiger partial charge in [0.05, 0.1) is 24.9 Å². The molecule has 0 aliphatic heterocycles. The molecule has 0 spiro atoms. The highest BCUT2D eigenvalue weighted by atomic mass is 16.4. The molecule has 0 saturated heterocycles. The van der Waals surface area contributed by atoms with Gasteiger partial charge in [-0.25, -0.2) is 9.78 Å². The zero-order valence-electron chi connectivity index (χ0n) is 9.87. The average Bonchev–Trinajstić information content (AvgIpc) is 2.42. The Bertz CT molecular complexity index is 632. The number of rotatable bonds is 4. The first-order chi connectivity index (χ1) is 9.19. The number of hydrogen-bond donors (Lipinski definition) is 2. The summed E-state index contributed by atoms with van der Waals surface area (Å²) >= 11 is 0. The van der Waals surface area contributed by atoms with Crippen LogP contribution in [0.15, 0.2) is 36.7 Å². The van der Waals surface area contributed by atoms with Crippen molar-refractivity contribution >= 4 is 17.5 Å². The summed E-state index contributed by atoms with van der Waals surface area (Å²) in [4.78, 5) is 18.5. The number of nitrogens with zero attached hydrogens (tertiary/aromatic N) is 3. The molecule has 1 heterocycles. The molecule has 0 aliphatic rings. The molecular formula is C13H10N4O2. The highest BCUT2D eigenvalue weighted by Crippen LogP contribution is 2.15. The van der Waals surface area contributed by atoms with Gasteiger partial charge in [-0.2, -0.15) is 5.26 Å². The van der Waals surface area contributed by atoms with Crippen molar-refractivity contribution in [2.75, 3.05) is 5.32 Å². The molecule has 0 unspecified atom stereocenters. The van der Waals surface area contributed by atoms with E-state index in [0.29, 0.717) is 12.2 Å². The van der Waals surface area contributed by atoms with Crippen LogP contribution < -0.4 is 5.32 Å². The second kappa shape index (κ2) is 5.60. The largest absolute Gasteiger partial charge is 0.476 e. The quantitative estimate of drug-likeness (QED) is 0.865. The number of aromatic nitrogens is 2. The van der Waals surface area contributed by atoms with Crippen molar-refractivity contribution in [2.24, 2.45) is 0 Å². The zero-order valence-corrected chi connectivity index (χ0v) is 9.87. The fourth-order valence-corrected chi connectivity index (χ4v) is 1.47. The summed E-state index contributed by atoms with van der Waals surface area (Å²) in [6, 6.07) is 9.29. The lowest BCUT2D eigenvalue weighted by molar-refractivity contribution is 0.0690. The zero-order chi connectivity index (χ0) is 13.7. The lowest BCUT2D eigenvalue weighted by atomic mass is 10.1. The molecule has 0 fully saturated rings. The number of carboxylic acids is 1. The topological polar surface area (TPSA) is 98.9 Å². The van der Waals surface area contributed by atoms with Crippen LogP contribution >= 0.6 is 0 Å². The third-order valence-corrected chi connectivity index (χ3v) is 2.36. The van der Waals surface area contributed by atoms with Gasteiger partial charge in [0, 0.05) is 5.69 Å². The summed E-state index contributed by atoms with van der Waals surface area (Å²) in [6.45, 7) is 0. The van der Waals surface area contributed by atoms with E-state index >= 15 is 0 Å². The van der Waals surface area contributed by atoms with E-state index in [9.17, 15) is 4.79 Å². The maximum atomic E-state index is 10.8. The number of anilines is 2. The molecule has 94 valence electrons. The molecule has 0 atom stereocenters. The van der Waals surface area contributed by atoms with E-state index in [4.69, 9.17) is 10.4 Å². The summed E-state index contributed by atoms with van der Waals surface area (Å²) in [5, 5.41) is 20.3. The number of hydrogen-bond acceptors (Lipinski definition) is 5. The lowest BCUT2D eigenvalue weighted by Crippen LogP contribution is -2.03. The Morgan fingerprint density at radius 3 is 2.68 bits per heavy atom. The molecule has 0 bridgehead atoms. The SMILES string of the molecule is N#CCc1ccc(Nc2cncc(C(=O)O)n2)cc1. The summed E-state index contributed by atoms with van der Waals surface area (Å²) in [5.41, 5.74) is 1.54. The molecule has 0 radical (unpaired) electrons. The number of carboxylic acid groups (broad SMARTS) is 1. The van der Waals surface area contributed by atoms with E-state index in [-0.39, 0.29) is 5.69 Å². The van der Waals surface area contributed by atoms with Crippen molar-refractivity contribution in [3.63, 3.8) is 0 Å². The molecule has 2 aromatic rings. The molecule has 0 saturated carbocycles. The smallest absolute Gasteiger partial charge is 0.356 e. The van der Waals surface area contributed by atoms with Crippen molar-refractivity contribution in [1.29, 1.82) is 5.26 Å². The Balaban J connectivity index is 2.14. The fourth-order valence-electron chi connectivity index (χ4n) is 1.47. The Kier molecular flexibility index (Phi) is 3.69. The molecule has 2 rings (SSSR count). The van der Waals surface area contributed by atoms with Crippen LogP contribution in [0.2, 0.25) is 0 Å². The average molecular weight is 254 g/mol. The van der Waals surface area contributed by atoms with Gasteiger partial charge in [-0.15, -0.1) is 0 Å². The van der Waals surface area contributed by atoms with Crippen LogP contribution in [0.25, 0.3) is 0 Å². The monoisotopic (exact) mass is 254 g/mol. The van der Waals surface area contributed by atoms with Gasteiger partial charge in [-0.3, -0.25) is 4.98 Å². The molecule has 1 aromatic carbocycles. The molecule has 2 N–H and O–H groups in total. The van der Waals surface area contributed by atoms with E-state index in [1.165, 1.54) is 12.4 Å². The first-order valence-electron chi connectivity index (χ1n) is 5.47. The Morgan fingerprint density at radius 2 is 2.05 bits per heavy atom. The summed E-state index contributed by atoms with van der Waals surface area (Å²) < 4.78 is 0. The second-order valence-electron chi connectivity index (χ2n) is 3.75. The molecule has 0 aliphatic carbocycles. The first kappa shape index (κ1) is 12.5. The van der Waals surface area contributed by atoms with E-state index < -0.39 is 5.97 Å². The van der Waals surface area contributed by atoms with Gasteiger partial charge >= 0.3 is 5.97 Å². The molecule has 19 heavy (non-hydrogen) atoms. The van der Waals surface area contributed by atoms with E-state index in [1.807, 2.05) is 12.1 Å². The highest BCUT2D eigenvalue weighted by molar-refractivity contribution is 5.85. The van der Waals surface area contributed by atoms with Crippen molar-refractivity contribution in [1.82, 2.24) is 9.97 Å². The minimum Gasteiger partial charge on any atom is -0.476 e. The van der Waals surface area contributed by atoms with Crippen LogP contribution in [0.4, 0.5) is 11.5 Å². The summed E-state index contributed by atoms with van der Waals surface area (Å²) in [6.07, 6.45) is 2.98. The third-order valence-electron chi connectivity index (χ3n) is 2.36. The Morgan fingerprint density at radius 1 is 1.32 bits per heavy atom. The third kappa shape index (κ3) is 3.26. The summed E-state index contributed by atoms with van der Waals surface area (Å²) in [5.74, 6) is -0.770. The maximum Gasteiger partial charge on any atom is 0.356 e. The van der Waals surface area contributed by atoms with Gasteiger partial charge < -0.3 is 10.4 Å². The number of nitrogens with one attached hydrogen (secondary N) is 1. The van der Waals surface area contributed by atoms with Gasteiger partial charge in [0.2, 0.25) is 0 Å². The van der Waals surface area contributed by atoms with E-state index in [1.54, 1.807) is 12.1 Å². The number of aromatic carboxylic acids is 1. The minimum atomic E-state index is -1.12. The normalized spacial score (nSPS) is 9.63. The predicted molar refractivity (Wildman–Crippen MR) is 68.0 cm³/mol. The van der Waals surface area contributed by atoms with Crippen LogP contribution in [0.5, 0.6) is 0 Å². The predicted octanol–water partition coefficient (Wildman–Crippen LogP) is 1.98. The fraction of sp³-hybridized carbons (Fsp3) is 0.0769. The second-order valence-corrected chi connectivity index (χ2v) is 3.75. The van der Waals surface area contributed by atoms with Crippen molar-refractivity contribution in [3.05, 3.63) is 47.9 Å². The molecule has 1 aromatic heterocycles. The number of carbonyl (C=O) groups is 1. The van der Waals surface area contributed by atoms with Crippen molar-refractivity contribution in [2.45, 2.75) is 6.42 Å². The highest BCUT2D eigenvalue weighted by Gasteiger charge is 2.06. The van der Waals surface area contributed by atoms with Crippen LogP contribution in [0, 0.1) is 11.3 Å². The maximum absolute atomic E-state index is 10.8. The molecule has 6 nitrogen and oxygen atoms in total. The minimum absolute atomic E-state index is 0.119. The number of nitriles is 1. The van der Waals surface area contributed by atoms with Gasteiger partial charge in [0.15, 0.2) is 5.69 Å². The van der Waals surface area contributed by atoms with Gasteiger partial charge in [0.25, 0.3) is 0 Å². The molecule has 0 amide bonds. The van der Waals surface area contributed by atoms with Crippen LogP contribution in [-0.4, -0.2) is 21.0 Å². The van der Waals surface area contributed by atoms with Gasteiger partial charge in [-0.1, -0.05) is 12.1 Å². The van der Waals surface area contributed by atoms with Crippen LogP contribution in [-0.2, 0) is 6.42 Å². The van der Waals surface area contributed by atoms with Crippen molar-refractivity contribution < 1.29 is 9.90 Å². The number of benzene rings is 1. The lowest BCUT2D eigenvalue weighted by Gasteiger charge is -2.06. The summed E-state index contributed by atoms with van der Waals surface area (Å²) in [7, 11) is 0. The van der Waals surface area contributed by atoms with Crippen molar-refractivity contribution in [3.8, 4) is 6.07 Å². The Hall–Kier alpha value is -2.94. The standard InChI is InChI=1S/C13H10N4O2/c14-6-5-9-1-3-10(4-2-9)16-12-8-15-7-11(17-12)13(18)19/h1-4,7-8H,5H2,(H,16,17)(H,18,19). The Labute approximate surface area is 109 Å². The first-order valence-corrected chi connectivity index (χ1v) is 5.47. The molecule has 6 heteroatoms. The van der Waals surface area contributed by atoms with Crippen LogP contribution in [0.3, 0.4) is 0 Å². The van der Waals surface area contributed by atoms with Crippen LogP contribution in [0.1, 0.15) is 16.1 Å². The molecular weight excluding hydrogens is 244 g/mol. The van der Waals surface area contributed by atoms with Gasteiger partial charge in [0.1, 0.15) is 5.82 Å². The van der Waals surface area contributed by atoms with Gasteiger partial charge in [-0.05, 0) is 17.7 Å².